The van der Waals surface area contributed by atoms with Gasteiger partial charge >= 0.3 is 5.69 Å². The number of nitro groups is 2. The van der Waals surface area contributed by atoms with E-state index in [-0.39, 0.29) is 5.56 Å². The second kappa shape index (κ2) is 8.19. The minimum absolute atomic E-state index is 0.166. The van der Waals surface area contributed by atoms with Gasteiger partial charge in [0, 0.05) is 27.9 Å². The maximum absolute atomic E-state index is 11.1. The zero-order valence-corrected chi connectivity index (χ0v) is 17.9. The average Bonchev–Trinajstić information content (AvgIpc) is 3.16. The number of hydrogen-bond donors (Lipinski definition) is 1. The Hall–Kier alpha value is -4.12. The average molecular weight is 497 g/mol. The van der Waals surface area contributed by atoms with Crippen LogP contribution in [0, 0.1) is 27.2 Å². The molecule has 0 aliphatic heterocycles. The Morgan fingerprint density at radius 2 is 1.88 bits per heavy atom. The van der Waals surface area contributed by atoms with Gasteiger partial charge in [-0.25, -0.2) is 4.98 Å². The van der Waals surface area contributed by atoms with Gasteiger partial charge < -0.3 is 9.52 Å². The number of nitro benzene ring substituents is 2. The van der Waals surface area contributed by atoms with Gasteiger partial charge in [0.15, 0.2) is 5.58 Å². The fourth-order valence-corrected chi connectivity index (χ4v) is 3.36. The highest BCUT2D eigenvalue weighted by atomic mass is 79.9. The molecule has 0 radical (unpaired) electrons. The molecule has 10 nitrogen and oxygen atoms in total. The van der Waals surface area contributed by atoms with E-state index in [9.17, 15) is 25.3 Å². The summed E-state index contributed by atoms with van der Waals surface area (Å²) in [5, 5.41) is 32.4. The summed E-state index contributed by atoms with van der Waals surface area (Å²) in [4.78, 5) is 29.3. The zero-order valence-electron chi connectivity index (χ0n) is 16.4. The van der Waals surface area contributed by atoms with Crippen LogP contribution in [0.1, 0.15) is 11.1 Å². The molecular weight excluding hydrogens is 484 g/mol. The predicted octanol–water partition coefficient (Wildman–Crippen LogP) is 5.84. The van der Waals surface area contributed by atoms with E-state index in [1.165, 1.54) is 0 Å². The molecule has 0 saturated heterocycles. The highest BCUT2D eigenvalue weighted by Crippen LogP contribution is 2.35. The molecule has 11 heteroatoms. The maximum atomic E-state index is 11.1. The van der Waals surface area contributed by atoms with Gasteiger partial charge in [-0.15, -0.1) is 0 Å². The first-order chi connectivity index (χ1) is 15.2. The van der Waals surface area contributed by atoms with Gasteiger partial charge in [0.1, 0.15) is 5.52 Å². The first-order valence-corrected chi connectivity index (χ1v) is 9.89. The van der Waals surface area contributed by atoms with E-state index < -0.39 is 27.0 Å². The number of rotatable bonds is 5. The fourth-order valence-electron chi connectivity index (χ4n) is 3.01. The van der Waals surface area contributed by atoms with Crippen molar-refractivity contribution >= 4 is 50.3 Å². The quantitative estimate of drug-likeness (QED) is 0.207. The van der Waals surface area contributed by atoms with Crippen LogP contribution in [0.2, 0.25) is 0 Å². The van der Waals surface area contributed by atoms with Crippen molar-refractivity contribution in [2.45, 2.75) is 6.92 Å². The third-order valence-corrected chi connectivity index (χ3v) is 5.26. The number of oxazole rings is 1. The lowest BCUT2D eigenvalue weighted by Gasteiger charge is -2.03. The second-order valence-corrected chi connectivity index (χ2v) is 7.69. The first-order valence-electron chi connectivity index (χ1n) is 9.10. The number of phenolic OH excluding ortho intramolecular Hbond substituents is 1. The van der Waals surface area contributed by atoms with Crippen molar-refractivity contribution in [1.29, 1.82) is 0 Å². The van der Waals surface area contributed by atoms with Crippen LogP contribution in [0.5, 0.6) is 5.75 Å². The Morgan fingerprint density at radius 1 is 1.09 bits per heavy atom. The van der Waals surface area contributed by atoms with Crippen molar-refractivity contribution in [2.24, 2.45) is 4.99 Å². The van der Waals surface area contributed by atoms with E-state index in [1.54, 1.807) is 18.2 Å². The molecule has 1 heterocycles. The number of aromatic nitrogens is 1. The van der Waals surface area contributed by atoms with Crippen LogP contribution >= 0.6 is 15.9 Å². The normalized spacial score (nSPS) is 11.3. The standard InChI is InChI=1S/C21H13BrN4O6/c1-11-2-5-19-17(6-11)24-21(32-19)12-3-4-15(22)16(8-12)23-10-13-7-14(25(28)29)9-18(20(13)27)26(30)31/h2-10,27H,1H3. The Balaban J connectivity index is 1.75. The minimum Gasteiger partial charge on any atom is -0.502 e. The molecule has 0 atom stereocenters. The van der Waals surface area contributed by atoms with Crippen LogP contribution in [0.4, 0.5) is 17.1 Å². The van der Waals surface area contributed by atoms with Crippen molar-refractivity contribution in [1.82, 2.24) is 4.98 Å². The van der Waals surface area contributed by atoms with E-state index in [4.69, 9.17) is 4.42 Å². The highest BCUT2D eigenvalue weighted by Gasteiger charge is 2.23. The summed E-state index contributed by atoms with van der Waals surface area (Å²) in [6, 6.07) is 12.5. The molecule has 3 aromatic carbocycles. The topological polar surface area (TPSA) is 145 Å². The lowest BCUT2D eigenvalue weighted by molar-refractivity contribution is -0.394. The van der Waals surface area contributed by atoms with Crippen molar-refractivity contribution in [3.8, 4) is 17.2 Å². The van der Waals surface area contributed by atoms with E-state index in [2.05, 4.69) is 25.9 Å². The van der Waals surface area contributed by atoms with Gasteiger partial charge in [0.2, 0.25) is 11.6 Å². The number of aryl methyl sites for hydroxylation is 1. The third-order valence-electron chi connectivity index (χ3n) is 4.59. The summed E-state index contributed by atoms with van der Waals surface area (Å²) in [5.74, 6) is -0.339. The molecule has 0 saturated carbocycles. The summed E-state index contributed by atoms with van der Waals surface area (Å²) in [6.07, 6.45) is 1.12. The summed E-state index contributed by atoms with van der Waals surface area (Å²) >= 11 is 3.37. The number of halogens is 1. The van der Waals surface area contributed by atoms with Crippen LogP contribution in [-0.2, 0) is 0 Å². The number of phenols is 1. The maximum Gasteiger partial charge on any atom is 0.318 e. The zero-order chi connectivity index (χ0) is 23.0. The fraction of sp³-hybridized carbons (Fsp3) is 0.0476. The molecule has 1 aromatic heterocycles. The SMILES string of the molecule is Cc1ccc2oc(-c3ccc(Br)c(N=Cc4cc([N+](=O)[O-])cc([N+](=O)[O-])c4O)c3)nc2c1. The summed E-state index contributed by atoms with van der Waals surface area (Å²) in [6.45, 7) is 1.95. The monoisotopic (exact) mass is 496 g/mol. The number of hydrogen-bond acceptors (Lipinski definition) is 8. The van der Waals surface area contributed by atoms with Gasteiger partial charge in [0.05, 0.1) is 21.6 Å². The Morgan fingerprint density at radius 3 is 2.59 bits per heavy atom. The van der Waals surface area contributed by atoms with Gasteiger partial charge in [-0.05, 0) is 58.7 Å². The van der Waals surface area contributed by atoms with Gasteiger partial charge in [-0.3, -0.25) is 25.2 Å². The number of aromatic hydroxyl groups is 1. The largest absolute Gasteiger partial charge is 0.502 e. The van der Waals surface area contributed by atoms with Crippen LogP contribution in [-0.4, -0.2) is 26.2 Å². The lowest BCUT2D eigenvalue weighted by atomic mass is 10.1. The van der Waals surface area contributed by atoms with Gasteiger partial charge in [-0.2, -0.15) is 0 Å². The van der Waals surface area contributed by atoms with Crippen molar-refractivity contribution in [3.05, 3.63) is 84.4 Å². The molecule has 32 heavy (non-hydrogen) atoms. The molecular formula is C21H13BrN4O6. The summed E-state index contributed by atoms with van der Waals surface area (Å²) < 4.78 is 6.39. The number of benzene rings is 3. The van der Waals surface area contributed by atoms with Crippen molar-refractivity contribution < 1.29 is 19.4 Å². The molecule has 4 aromatic rings. The Kier molecular flexibility index (Phi) is 5.41. The summed E-state index contributed by atoms with van der Waals surface area (Å²) in [5.41, 5.74) is 1.93. The molecule has 160 valence electrons. The second-order valence-electron chi connectivity index (χ2n) is 6.83. The van der Waals surface area contributed by atoms with Crippen LogP contribution in [0.15, 0.2) is 62.4 Å². The number of fused-ring (bicyclic) bond motifs is 1. The smallest absolute Gasteiger partial charge is 0.318 e. The van der Waals surface area contributed by atoms with Crippen molar-refractivity contribution in [2.75, 3.05) is 0 Å². The van der Waals surface area contributed by atoms with E-state index in [1.807, 2.05) is 25.1 Å². The Labute approximate surface area is 188 Å². The van der Waals surface area contributed by atoms with E-state index >= 15 is 0 Å². The van der Waals surface area contributed by atoms with Crippen molar-refractivity contribution in [3.63, 3.8) is 0 Å². The minimum atomic E-state index is -0.898. The van der Waals surface area contributed by atoms with Gasteiger partial charge in [-0.1, -0.05) is 6.07 Å². The third kappa shape index (κ3) is 4.05. The summed E-state index contributed by atoms with van der Waals surface area (Å²) in [7, 11) is 0. The molecule has 0 fully saturated rings. The molecule has 0 amide bonds. The molecule has 0 bridgehead atoms. The predicted molar refractivity (Wildman–Crippen MR) is 121 cm³/mol. The molecule has 0 unspecified atom stereocenters. The molecule has 4 rings (SSSR count). The number of aliphatic imine (C=N–C) groups is 1. The lowest BCUT2D eigenvalue weighted by Crippen LogP contribution is -1.96. The Bertz CT molecular complexity index is 1430. The van der Waals surface area contributed by atoms with E-state index in [0.717, 1.165) is 17.8 Å². The molecule has 1 N–H and O–H groups in total. The van der Waals surface area contributed by atoms with Gasteiger partial charge in [0.25, 0.3) is 5.69 Å². The van der Waals surface area contributed by atoms with Crippen LogP contribution < -0.4 is 0 Å². The molecule has 0 aliphatic carbocycles. The van der Waals surface area contributed by atoms with E-state index in [0.29, 0.717) is 38.8 Å². The number of nitrogens with zero attached hydrogens (tertiary/aromatic N) is 4. The van der Waals surface area contributed by atoms with Crippen LogP contribution in [0.25, 0.3) is 22.6 Å². The molecule has 0 aliphatic rings. The number of non-ortho nitro benzene ring substituents is 1. The highest BCUT2D eigenvalue weighted by molar-refractivity contribution is 9.10. The first kappa shape index (κ1) is 21.1. The molecule has 0 spiro atoms. The van der Waals surface area contributed by atoms with Crippen LogP contribution in [0.3, 0.4) is 0 Å².